The van der Waals surface area contributed by atoms with Crippen LogP contribution in [0, 0.1) is 21.7 Å². The van der Waals surface area contributed by atoms with E-state index in [-0.39, 0.29) is 6.42 Å². The van der Waals surface area contributed by atoms with Crippen molar-refractivity contribution in [3.63, 3.8) is 0 Å². The highest BCUT2D eigenvalue weighted by atomic mass is 19.1. The Hall–Kier alpha value is -2.25. The number of amides is 1. The van der Waals surface area contributed by atoms with Crippen molar-refractivity contribution in [1.29, 1.82) is 0 Å². The summed E-state index contributed by atoms with van der Waals surface area (Å²) in [4.78, 5) is 20.4. The minimum absolute atomic E-state index is 0.150. The second-order valence-electron chi connectivity index (χ2n) is 4.69. The number of nitro groups is 1. The van der Waals surface area contributed by atoms with Crippen LogP contribution in [0.5, 0.6) is 0 Å². The number of benzene rings is 1. The van der Waals surface area contributed by atoms with Crippen LogP contribution >= 0.6 is 0 Å². The molecule has 0 radical (unpaired) electrons. The van der Waals surface area contributed by atoms with Crippen LogP contribution in [0.25, 0.3) is 0 Å². The van der Waals surface area contributed by atoms with Crippen molar-refractivity contribution in [3.8, 4) is 0 Å². The molecule has 6 nitrogen and oxygen atoms in total. The Bertz CT molecular complexity index is 509. The highest BCUT2D eigenvalue weighted by molar-refractivity contribution is 5.75. The summed E-state index contributed by atoms with van der Waals surface area (Å²) >= 11 is 0. The molecule has 1 aromatic carbocycles. The van der Waals surface area contributed by atoms with E-state index in [9.17, 15) is 23.7 Å². The Morgan fingerprint density at radius 3 is 2.26 bits per heavy atom. The molecule has 0 aliphatic heterocycles. The van der Waals surface area contributed by atoms with Crippen molar-refractivity contribution in [3.05, 3.63) is 33.9 Å². The smallest absolute Gasteiger partial charge is 0.275 e. The second kappa shape index (κ2) is 5.17. The summed E-state index contributed by atoms with van der Waals surface area (Å²) in [6.45, 7) is 3.05. The third-order valence-electron chi connectivity index (χ3n) is 2.32. The minimum Gasteiger partial charge on any atom is -0.375 e. The third-order valence-corrected chi connectivity index (χ3v) is 2.32. The molecule has 1 amide bonds. The summed E-state index contributed by atoms with van der Waals surface area (Å²) in [6, 6.07) is 1.21. The van der Waals surface area contributed by atoms with Gasteiger partial charge < -0.3 is 11.1 Å². The van der Waals surface area contributed by atoms with Gasteiger partial charge in [0.05, 0.1) is 17.1 Å². The third kappa shape index (κ3) is 3.87. The van der Waals surface area contributed by atoms with Gasteiger partial charge in [-0.3, -0.25) is 14.9 Å². The monoisotopic (exact) mass is 273 g/mol. The van der Waals surface area contributed by atoms with Gasteiger partial charge in [0, 0.05) is 12.0 Å². The van der Waals surface area contributed by atoms with E-state index in [0.717, 1.165) is 0 Å². The first kappa shape index (κ1) is 14.8. The number of hydrogen-bond acceptors (Lipinski definition) is 4. The Labute approximate surface area is 107 Å². The van der Waals surface area contributed by atoms with E-state index in [1.54, 1.807) is 0 Å². The molecule has 19 heavy (non-hydrogen) atoms. The summed E-state index contributed by atoms with van der Waals surface area (Å²) in [7, 11) is 0. The van der Waals surface area contributed by atoms with Gasteiger partial charge in [-0.05, 0) is 13.8 Å². The van der Waals surface area contributed by atoms with E-state index >= 15 is 0 Å². The van der Waals surface area contributed by atoms with Gasteiger partial charge in [0.2, 0.25) is 5.91 Å². The van der Waals surface area contributed by atoms with Crippen LogP contribution in [0.4, 0.5) is 20.2 Å². The largest absolute Gasteiger partial charge is 0.375 e. The summed E-state index contributed by atoms with van der Waals surface area (Å²) in [5, 5.41) is 12.9. The molecule has 0 aliphatic carbocycles. The molecule has 1 rings (SSSR count). The van der Waals surface area contributed by atoms with Gasteiger partial charge >= 0.3 is 0 Å². The summed E-state index contributed by atoms with van der Waals surface area (Å²) in [6.07, 6.45) is -0.150. The molecule has 1 aromatic rings. The molecule has 0 aliphatic rings. The van der Waals surface area contributed by atoms with Crippen molar-refractivity contribution in [2.45, 2.75) is 25.8 Å². The van der Waals surface area contributed by atoms with Gasteiger partial charge in [0.1, 0.15) is 5.69 Å². The lowest BCUT2D eigenvalue weighted by Gasteiger charge is -2.26. The summed E-state index contributed by atoms with van der Waals surface area (Å²) in [5.74, 6) is -2.85. The quantitative estimate of drug-likeness (QED) is 0.632. The molecule has 0 fully saturated rings. The first-order valence-electron chi connectivity index (χ1n) is 5.32. The summed E-state index contributed by atoms with van der Waals surface area (Å²) in [5.41, 5.74) is 2.82. The number of non-ortho nitro benzene ring substituents is 1. The number of halogens is 2. The molecule has 3 N–H and O–H groups in total. The average Bonchev–Trinajstić information content (AvgIpc) is 2.21. The fraction of sp³-hybridized carbons (Fsp3) is 0.364. The summed E-state index contributed by atoms with van der Waals surface area (Å²) < 4.78 is 27.2. The predicted octanol–water partition coefficient (Wildman–Crippen LogP) is 1.94. The van der Waals surface area contributed by atoms with Crippen molar-refractivity contribution < 1.29 is 18.5 Å². The van der Waals surface area contributed by atoms with Crippen LogP contribution in [0.3, 0.4) is 0 Å². The zero-order valence-electron chi connectivity index (χ0n) is 10.4. The molecular formula is C11H13F2N3O3. The molecule has 0 unspecified atom stereocenters. The second-order valence-corrected chi connectivity index (χ2v) is 4.69. The van der Waals surface area contributed by atoms with Crippen LogP contribution in [-0.2, 0) is 4.79 Å². The molecule has 0 heterocycles. The molecule has 104 valence electrons. The Morgan fingerprint density at radius 1 is 1.42 bits per heavy atom. The zero-order valence-corrected chi connectivity index (χ0v) is 10.4. The van der Waals surface area contributed by atoms with Gasteiger partial charge in [-0.2, -0.15) is 0 Å². The maximum atomic E-state index is 13.6. The van der Waals surface area contributed by atoms with Gasteiger partial charge in [0.25, 0.3) is 5.69 Å². The molecule has 0 spiro atoms. The minimum atomic E-state index is -1.11. The predicted molar refractivity (Wildman–Crippen MR) is 64.5 cm³/mol. The Kier molecular flexibility index (Phi) is 4.03. The first-order valence-corrected chi connectivity index (χ1v) is 5.32. The average molecular weight is 273 g/mol. The van der Waals surface area contributed by atoms with E-state index in [1.165, 1.54) is 13.8 Å². The lowest BCUT2D eigenvalue weighted by molar-refractivity contribution is -0.385. The van der Waals surface area contributed by atoms with Crippen LogP contribution in [-0.4, -0.2) is 16.4 Å². The maximum absolute atomic E-state index is 13.6. The number of primary amides is 1. The van der Waals surface area contributed by atoms with Crippen LogP contribution < -0.4 is 11.1 Å². The van der Waals surface area contributed by atoms with Gasteiger partial charge in [-0.15, -0.1) is 0 Å². The molecular weight excluding hydrogens is 260 g/mol. The van der Waals surface area contributed by atoms with Crippen LogP contribution in [0.1, 0.15) is 20.3 Å². The Balaban J connectivity index is 3.09. The number of carbonyl (C=O) groups excluding carboxylic acids is 1. The number of rotatable bonds is 5. The lowest BCUT2D eigenvalue weighted by atomic mass is 9.99. The van der Waals surface area contributed by atoms with E-state index in [2.05, 4.69) is 5.32 Å². The highest BCUT2D eigenvalue weighted by Gasteiger charge is 2.25. The van der Waals surface area contributed by atoms with Gasteiger partial charge in [-0.25, -0.2) is 8.78 Å². The fourth-order valence-corrected chi connectivity index (χ4v) is 1.60. The van der Waals surface area contributed by atoms with E-state index < -0.39 is 39.4 Å². The maximum Gasteiger partial charge on any atom is 0.275 e. The number of carbonyl (C=O) groups is 1. The van der Waals surface area contributed by atoms with Crippen molar-refractivity contribution in [2.75, 3.05) is 5.32 Å². The van der Waals surface area contributed by atoms with Crippen molar-refractivity contribution >= 4 is 17.3 Å². The molecule has 8 heteroatoms. The highest BCUT2D eigenvalue weighted by Crippen LogP contribution is 2.28. The van der Waals surface area contributed by atoms with E-state index in [0.29, 0.717) is 12.1 Å². The molecule has 0 atom stereocenters. The number of hydrogen-bond donors (Lipinski definition) is 2. The van der Waals surface area contributed by atoms with Gasteiger partial charge in [0.15, 0.2) is 11.6 Å². The number of anilines is 1. The zero-order chi connectivity index (χ0) is 14.8. The topological polar surface area (TPSA) is 98.3 Å². The number of nitrogens with one attached hydrogen (secondary N) is 1. The number of nitro benzene ring substituents is 1. The van der Waals surface area contributed by atoms with E-state index in [1.807, 2.05) is 0 Å². The lowest BCUT2D eigenvalue weighted by Crippen LogP contribution is -2.36. The Morgan fingerprint density at radius 2 is 1.89 bits per heavy atom. The van der Waals surface area contributed by atoms with Gasteiger partial charge in [-0.1, -0.05) is 0 Å². The van der Waals surface area contributed by atoms with Crippen LogP contribution in [0.2, 0.25) is 0 Å². The molecule has 0 aromatic heterocycles. The molecule has 0 saturated carbocycles. The molecule has 0 bridgehead atoms. The normalized spacial score (nSPS) is 11.2. The standard InChI is InChI=1S/C11H13F2N3O3/c1-11(2,5-9(14)17)15-10-7(12)3-6(16(18)19)4-8(10)13/h3-4,15H,5H2,1-2H3,(H2,14,17). The number of nitrogens with two attached hydrogens (primary N) is 1. The molecule has 0 saturated heterocycles. The first-order chi connectivity index (χ1) is 8.62. The van der Waals surface area contributed by atoms with Crippen molar-refractivity contribution in [1.82, 2.24) is 0 Å². The van der Waals surface area contributed by atoms with Crippen LogP contribution in [0.15, 0.2) is 12.1 Å². The SMILES string of the molecule is CC(C)(CC(N)=O)Nc1c(F)cc([N+](=O)[O-])cc1F. The van der Waals surface area contributed by atoms with Crippen molar-refractivity contribution in [2.24, 2.45) is 5.73 Å². The van der Waals surface area contributed by atoms with E-state index in [4.69, 9.17) is 5.73 Å². The number of nitrogens with zero attached hydrogens (tertiary/aromatic N) is 1. The fourth-order valence-electron chi connectivity index (χ4n) is 1.60.